The number of benzene rings is 3. The molecule has 0 N–H and O–H groups in total. The van der Waals surface area contributed by atoms with Crippen molar-refractivity contribution >= 4 is 45.4 Å². The molecule has 6 nitrogen and oxygen atoms in total. The number of hydrogen-bond acceptors (Lipinski definition) is 6. The molecule has 3 aliphatic rings. The summed E-state index contributed by atoms with van der Waals surface area (Å²) in [7, 11) is 0. The molecule has 6 heteroatoms. The Hall–Kier alpha value is -4.06. The zero-order chi connectivity index (χ0) is 22.2. The summed E-state index contributed by atoms with van der Waals surface area (Å²) in [5.41, 5.74) is 2.69. The molecular weight excluding hydrogens is 408 g/mol. The summed E-state index contributed by atoms with van der Waals surface area (Å²) >= 11 is 0. The van der Waals surface area contributed by atoms with Crippen molar-refractivity contribution in [3.05, 3.63) is 83.0 Å². The van der Waals surface area contributed by atoms with E-state index in [1.807, 2.05) is 0 Å². The molecular formula is C26H18O6. The van der Waals surface area contributed by atoms with Gasteiger partial charge in [-0.05, 0) is 58.4 Å². The van der Waals surface area contributed by atoms with E-state index < -0.39 is 23.9 Å². The Morgan fingerprint density at radius 2 is 1.22 bits per heavy atom. The highest BCUT2D eigenvalue weighted by Crippen LogP contribution is 2.33. The van der Waals surface area contributed by atoms with Gasteiger partial charge in [-0.1, -0.05) is 48.5 Å². The molecule has 0 fully saturated rings. The van der Waals surface area contributed by atoms with Crippen LogP contribution in [0.1, 0.15) is 24.0 Å². The van der Waals surface area contributed by atoms with Gasteiger partial charge in [0.1, 0.15) is 0 Å². The van der Waals surface area contributed by atoms with Gasteiger partial charge < -0.3 is 9.47 Å². The van der Waals surface area contributed by atoms with Gasteiger partial charge in [-0.15, -0.1) is 0 Å². The maximum Gasteiger partial charge on any atom is 0.347 e. The normalized spacial score (nSPS) is 17.4. The third-order valence-electron chi connectivity index (χ3n) is 5.90. The lowest BCUT2D eigenvalue weighted by molar-refractivity contribution is -0.153. The van der Waals surface area contributed by atoms with Crippen molar-refractivity contribution < 1.29 is 28.7 Å². The molecule has 0 amide bonds. The van der Waals surface area contributed by atoms with E-state index in [1.165, 1.54) is 47.2 Å². The maximum absolute atomic E-state index is 11.0. The summed E-state index contributed by atoms with van der Waals surface area (Å²) in [6.45, 7) is 0. The number of ether oxygens (including phenoxy) is 2. The number of esters is 4. The Morgan fingerprint density at radius 3 is 1.88 bits per heavy atom. The van der Waals surface area contributed by atoms with E-state index in [-0.39, 0.29) is 11.1 Å². The number of hydrogen-bond donors (Lipinski definition) is 0. The smallest absolute Gasteiger partial charge is 0.347 e. The van der Waals surface area contributed by atoms with Crippen LogP contribution in [0.2, 0.25) is 0 Å². The number of carbonyl (C=O) groups is 4. The van der Waals surface area contributed by atoms with Crippen molar-refractivity contribution in [1.29, 1.82) is 0 Å². The number of rotatable bonds is 1. The highest BCUT2D eigenvalue weighted by Gasteiger charge is 2.35. The van der Waals surface area contributed by atoms with E-state index in [1.54, 1.807) is 11.1 Å². The van der Waals surface area contributed by atoms with E-state index in [0.29, 0.717) is 0 Å². The third-order valence-corrected chi connectivity index (χ3v) is 5.90. The van der Waals surface area contributed by atoms with Crippen molar-refractivity contribution in [1.82, 2.24) is 0 Å². The first-order chi connectivity index (χ1) is 15.5. The molecule has 3 aromatic carbocycles. The first-order valence-electron chi connectivity index (χ1n) is 10.4. The van der Waals surface area contributed by atoms with Crippen molar-refractivity contribution in [2.75, 3.05) is 0 Å². The molecule has 1 aliphatic carbocycles. The van der Waals surface area contributed by atoms with Crippen molar-refractivity contribution in [3.8, 4) is 0 Å². The second kappa shape index (κ2) is 7.89. The molecule has 0 aromatic heterocycles. The van der Waals surface area contributed by atoms with Gasteiger partial charge in [0.15, 0.2) is 0 Å². The SMILES string of the molecule is O=C1C=C(C2=CC(=O)OC2=O)C(=O)O1.c1ccc2c(c1)ccc1c3c(ccc12)CCCC3. The minimum Gasteiger partial charge on any atom is -0.386 e. The van der Waals surface area contributed by atoms with Gasteiger partial charge in [0.2, 0.25) is 0 Å². The molecule has 32 heavy (non-hydrogen) atoms. The van der Waals surface area contributed by atoms with E-state index in [2.05, 4.69) is 58.0 Å². The van der Waals surface area contributed by atoms with Crippen LogP contribution in [-0.2, 0) is 41.5 Å². The third kappa shape index (κ3) is 3.50. The first-order valence-corrected chi connectivity index (χ1v) is 10.4. The summed E-state index contributed by atoms with van der Waals surface area (Å²) in [4.78, 5) is 43.2. The van der Waals surface area contributed by atoms with E-state index in [0.717, 1.165) is 12.2 Å². The lowest BCUT2D eigenvalue weighted by Crippen LogP contribution is -2.08. The maximum atomic E-state index is 11.0. The molecule has 0 saturated carbocycles. The minimum absolute atomic E-state index is 0.245. The van der Waals surface area contributed by atoms with Gasteiger partial charge in [0.25, 0.3) is 0 Å². The minimum atomic E-state index is -0.951. The number of aryl methyl sites for hydroxylation is 2. The molecule has 0 unspecified atom stereocenters. The molecule has 158 valence electrons. The highest BCUT2D eigenvalue weighted by atomic mass is 16.6. The van der Waals surface area contributed by atoms with E-state index in [4.69, 9.17) is 0 Å². The summed E-state index contributed by atoms with van der Waals surface area (Å²) in [6.07, 6.45) is 6.90. The second-order valence-electron chi connectivity index (χ2n) is 7.83. The predicted octanol–water partition coefficient (Wildman–Crippen LogP) is 3.88. The summed E-state index contributed by atoms with van der Waals surface area (Å²) < 4.78 is 8.28. The first kappa shape index (κ1) is 19.9. The molecule has 0 radical (unpaired) electrons. The Bertz CT molecular complexity index is 1350. The number of fused-ring (bicyclic) bond motifs is 5. The molecule has 2 heterocycles. The Labute approximate surface area is 183 Å². The van der Waals surface area contributed by atoms with Gasteiger partial charge >= 0.3 is 23.9 Å². The fourth-order valence-electron chi connectivity index (χ4n) is 4.42. The summed E-state index contributed by atoms with van der Waals surface area (Å²) in [5, 5.41) is 5.64. The van der Waals surface area contributed by atoms with Crippen LogP contribution in [0.25, 0.3) is 21.5 Å². The van der Waals surface area contributed by atoms with Crippen molar-refractivity contribution in [2.45, 2.75) is 25.7 Å². The summed E-state index contributed by atoms with van der Waals surface area (Å²) in [6, 6.07) is 18.0. The lowest BCUT2D eigenvalue weighted by atomic mass is 9.86. The van der Waals surface area contributed by atoms with Crippen LogP contribution >= 0.6 is 0 Å². The zero-order valence-corrected chi connectivity index (χ0v) is 17.1. The second-order valence-corrected chi connectivity index (χ2v) is 7.83. The van der Waals surface area contributed by atoms with Crippen LogP contribution < -0.4 is 0 Å². The average molecular weight is 426 g/mol. The van der Waals surface area contributed by atoms with Gasteiger partial charge in [0.05, 0.1) is 11.1 Å². The fourth-order valence-corrected chi connectivity index (χ4v) is 4.42. The van der Waals surface area contributed by atoms with Gasteiger partial charge in [-0.25, -0.2) is 19.2 Å². The van der Waals surface area contributed by atoms with Gasteiger partial charge in [0, 0.05) is 12.2 Å². The van der Waals surface area contributed by atoms with E-state index in [9.17, 15) is 19.2 Å². The summed E-state index contributed by atoms with van der Waals surface area (Å²) in [5.74, 6) is -3.63. The van der Waals surface area contributed by atoms with Crippen LogP contribution in [0.5, 0.6) is 0 Å². The average Bonchev–Trinajstić information content (AvgIpc) is 3.32. The van der Waals surface area contributed by atoms with Crippen LogP contribution in [-0.4, -0.2) is 23.9 Å². The van der Waals surface area contributed by atoms with Crippen molar-refractivity contribution in [3.63, 3.8) is 0 Å². The quantitative estimate of drug-likeness (QED) is 0.333. The monoisotopic (exact) mass is 426 g/mol. The van der Waals surface area contributed by atoms with Gasteiger partial charge in [-0.2, -0.15) is 0 Å². The molecule has 3 aromatic rings. The Kier molecular flexibility index (Phi) is 4.90. The van der Waals surface area contributed by atoms with Crippen LogP contribution in [0.3, 0.4) is 0 Å². The van der Waals surface area contributed by atoms with Crippen LogP contribution in [0, 0.1) is 0 Å². The molecule has 2 aliphatic heterocycles. The largest absolute Gasteiger partial charge is 0.386 e. The van der Waals surface area contributed by atoms with Crippen LogP contribution in [0.4, 0.5) is 0 Å². The standard InChI is InChI=1S/C18H16.C8H2O6/c1-3-7-15-13(5-1)9-11-18-16-8-4-2-6-14(16)10-12-17(15)18;9-5-1-3(7(11)13-5)4-2-6(10)14-8(4)12/h1,3,5,7,9-12H,2,4,6,8H2;1-2H. The van der Waals surface area contributed by atoms with Crippen LogP contribution in [0.15, 0.2) is 71.8 Å². The highest BCUT2D eigenvalue weighted by molar-refractivity contribution is 6.22. The fraction of sp³-hybridized carbons (Fsp3) is 0.154. The molecule has 6 rings (SSSR count). The molecule has 0 atom stereocenters. The van der Waals surface area contributed by atoms with Gasteiger partial charge in [-0.3, -0.25) is 0 Å². The zero-order valence-electron chi connectivity index (χ0n) is 17.1. The Balaban J connectivity index is 0.000000140. The van der Waals surface area contributed by atoms with E-state index >= 15 is 0 Å². The topological polar surface area (TPSA) is 86.7 Å². The molecule has 0 spiro atoms. The lowest BCUT2D eigenvalue weighted by Gasteiger charge is -2.18. The van der Waals surface area contributed by atoms with Crippen molar-refractivity contribution in [2.24, 2.45) is 0 Å². The molecule has 0 bridgehead atoms. The number of carbonyl (C=O) groups excluding carboxylic acids is 4. The predicted molar refractivity (Wildman–Crippen MR) is 116 cm³/mol. The Morgan fingerprint density at radius 1 is 0.594 bits per heavy atom. The number of cyclic esters (lactones) is 4. The molecule has 0 saturated heterocycles.